The number of hydrogen-bond acceptors (Lipinski definition) is 5. The molecule has 2 aromatic rings. The summed E-state index contributed by atoms with van der Waals surface area (Å²) in [5.74, 6) is -0.696. The molecule has 0 bridgehead atoms. The maximum atomic E-state index is 13.8. The first-order chi connectivity index (χ1) is 9.90. The van der Waals surface area contributed by atoms with Crippen LogP contribution in [0.3, 0.4) is 0 Å². The van der Waals surface area contributed by atoms with Gasteiger partial charge in [-0.2, -0.15) is 0 Å². The van der Waals surface area contributed by atoms with Gasteiger partial charge < -0.3 is 16.8 Å². The highest BCUT2D eigenvalue weighted by Crippen LogP contribution is 2.32. The van der Waals surface area contributed by atoms with E-state index in [2.05, 4.69) is 5.32 Å². The summed E-state index contributed by atoms with van der Waals surface area (Å²) in [6.07, 6.45) is 0. The third-order valence-corrected chi connectivity index (χ3v) is 3.13. The van der Waals surface area contributed by atoms with Gasteiger partial charge in [0.15, 0.2) is 5.82 Å². The molecule has 21 heavy (non-hydrogen) atoms. The zero-order chi connectivity index (χ0) is 15.6. The topological polar surface area (TPSA) is 107 Å². The van der Waals surface area contributed by atoms with Gasteiger partial charge in [-0.15, -0.1) is 0 Å². The molecule has 0 saturated heterocycles. The number of nitrogens with one attached hydrogen (secondary N) is 1. The number of nitro groups is 1. The Hall–Kier alpha value is -2.83. The monoisotopic (exact) mass is 290 g/mol. The molecule has 0 fully saturated rings. The Morgan fingerprint density at radius 2 is 2.00 bits per heavy atom. The Bertz CT molecular complexity index is 691. The van der Waals surface area contributed by atoms with Gasteiger partial charge in [0.1, 0.15) is 5.69 Å². The Labute approximate surface area is 120 Å². The Morgan fingerprint density at radius 3 is 2.67 bits per heavy atom. The largest absolute Gasteiger partial charge is 0.399 e. The summed E-state index contributed by atoms with van der Waals surface area (Å²) >= 11 is 0. The van der Waals surface area contributed by atoms with Gasteiger partial charge in [0.2, 0.25) is 0 Å². The van der Waals surface area contributed by atoms with E-state index in [0.717, 1.165) is 6.07 Å². The van der Waals surface area contributed by atoms with Crippen molar-refractivity contribution in [3.63, 3.8) is 0 Å². The number of nitrogens with zero attached hydrogens (tertiary/aromatic N) is 1. The van der Waals surface area contributed by atoms with E-state index in [1.54, 1.807) is 25.1 Å². The molecule has 0 aliphatic rings. The average Bonchev–Trinajstić information content (AvgIpc) is 2.43. The van der Waals surface area contributed by atoms with Crippen LogP contribution in [-0.2, 0) is 0 Å². The predicted molar refractivity (Wildman–Crippen MR) is 80.4 cm³/mol. The van der Waals surface area contributed by atoms with E-state index in [9.17, 15) is 14.5 Å². The highest BCUT2D eigenvalue weighted by Gasteiger charge is 2.20. The van der Waals surface area contributed by atoms with Crippen molar-refractivity contribution >= 4 is 22.7 Å². The summed E-state index contributed by atoms with van der Waals surface area (Å²) in [5, 5.41) is 13.8. The minimum absolute atomic E-state index is 0.170. The molecule has 0 aliphatic carbocycles. The molecule has 7 heteroatoms. The van der Waals surface area contributed by atoms with E-state index in [1.165, 1.54) is 12.1 Å². The lowest BCUT2D eigenvalue weighted by Gasteiger charge is -2.18. The van der Waals surface area contributed by atoms with Crippen LogP contribution in [0.5, 0.6) is 0 Å². The average molecular weight is 290 g/mol. The lowest BCUT2D eigenvalue weighted by molar-refractivity contribution is -0.384. The maximum absolute atomic E-state index is 13.8. The van der Waals surface area contributed by atoms with Crippen LogP contribution in [0.2, 0.25) is 0 Å². The summed E-state index contributed by atoms with van der Waals surface area (Å²) < 4.78 is 13.8. The van der Waals surface area contributed by atoms with Crippen molar-refractivity contribution in [2.75, 3.05) is 16.8 Å². The van der Waals surface area contributed by atoms with Crippen LogP contribution in [0.1, 0.15) is 18.5 Å². The van der Waals surface area contributed by atoms with Crippen LogP contribution in [0.25, 0.3) is 0 Å². The van der Waals surface area contributed by atoms with Crippen molar-refractivity contribution in [1.82, 2.24) is 0 Å². The molecule has 1 atom stereocenters. The number of nitrogen functional groups attached to an aromatic ring is 2. The maximum Gasteiger partial charge on any atom is 0.295 e. The quantitative estimate of drug-likeness (QED) is 0.455. The third-order valence-electron chi connectivity index (χ3n) is 3.13. The molecule has 0 aliphatic heterocycles. The minimum Gasteiger partial charge on any atom is -0.399 e. The molecule has 6 nitrogen and oxygen atoms in total. The number of benzene rings is 2. The van der Waals surface area contributed by atoms with Crippen molar-refractivity contribution in [2.24, 2.45) is 0 Å². The van der Waals surface area contributed by atoms with Crippen molar-refractivity contribution in [1.29, 1.82) is 0 Å². The molecular formula is C14H15FN4O2. The van der Waals surface area contributed by atoms with Crippen LogP contribution < -0.4 is 16.8 Å². The fourth-order valence-corrected chi connectivity index (χ4v) is 2.07. The van der Waals surface area contributed by atoms with Gasteiger partial charge in [0, 0.05) is 17.4 Å². The first-order valence-electron chi connectivity index (χ1n) is 6.24. The molecule has 0 spiro atoms. The second-order valence-corrected chi connectivity index (χ2v) is 4.65. The van der Waals surface area contributed by atoms with Gasteiger partial charge in [0.25, 0.3) is 5.69 Å². The van der Waals surface area contributed by atoms with Crippen molar-refractivity contribution in [3.8, 4) is 0 Å². The fraction of sp³-hybridized carbons (Fsp3) is 0.143. The molecule has 2 aromatic carbocycles. The van der Waals surface area contributed by atoms with Gasteiger partial charge in [-0.3, -0.25) is 10.1 Å². The Morgan fingerprint density at radius 1 is 1.29 bits per heavy atom. The van der Waals surface area contributed by atoms with Gasteiger partial charge >= 0.3 is 0 Å². The number of nitro benzene ring substituents is 1. The molecule has 1 unspecified atom stereocenters. The summed E-state index contributed by atoms with van der Waals surface area (Å²) in [5.41, 5.74) is 12.7. The van der Waals surface area contributed by atoms with Gasteiger partial charge in [-0.05, 0) is 36.8 Å². The molecular weight excluding hydrogens is 275 g/mol. The van der Waals surface area contributed by atoms with E-state index in [0.29, 0.717) is 16.9 Å². The van der Waals surface area contributed by atoms with Crippen LogP contribution in [0.4, 0.5) is 27.1 Å². The Kier molecular flexibility index (Phi) is 3.93. The van der Waals surface area contributed by atoms with E-state index >= 15 is 0 Å². The van der Waals surface area contributed by atoms with E-state index in [1.807, 2.05) is 0 Å². The lowest BCUT2D eigenvalue weighted by atomic mass is 10.0. The molecule has 0 aromatic heterocycles. The molecule has 2 rings (SSSR count). The zero-order valence-corrected chi connectivity index (χ0v) is 11.3. The van der Waals surface area contributed by atoms with Crippen molar-refractivity contribution < 1.29 is 9.31 Å². The summed E-state index contributed by atoms with van der Waals surface area (Å²) in [6.45, 7) is 1.72. The summed E-state index contributed by atoms with van der Waals surface area (Å²) in [6, 6.07) is 8.18. The normalized spacial score (nSPS) is 11.9. The molecule has 110 valence electrons. The predicted octanol–water partition coefficient (Wildman–Crippen LogP) is 3.07. The number of para-hydroxylation sites is 1. The van der Waals surface area contributed by atoms with E-state index < -0.39 is 16.8 Å². The van der Waals surface area contributed by atoms with Gasteiger partial charge in [-0.25, -0.2) is 4.39 Å². The SMILES string of the molecule is CC(Nc1c(F)cccc1[N+](=O)[O-])c1cc(N)ccc1N. The third kappa shape index (κ3) is 3.02. The second kappa shape index (κ2) is 5.66. The fourth-order valence-electron chi connectivity index (χ4n) is 2.07. The number of hydrogen-bond donors (Lipinski definition) is 3. The molecule has 0 heterocycles. The molecule has 0 amide bonds. The van der Waals surface area contributed by atoms with E-state index in [-0.39, 0.29) is 11.4 Å². The smallest absolute Gasteiger partial charge is 0.295 e. The van der Waals surface area contributed by atoms with Crippen LogP contribution in [-0.4, -0.2) is 4.92 Å². The van der Waals surface area contributed by atoms with Crippen LogP contribution in [0, 0.1) is 15.9 Å². The minimum atomic E-state index is -0.696. The van der Waals surface area contributed by atoms with E-state index in [4.69, 9.17) is 11.5 Å². The standard InChI is InChI=1S/C14H15FN4O2/c1-8(10-7-9(16)5-6-12(10)17)18-14-11(15)3-2-4-13(14)19(20)21/h2-8,18H,16-17H2,1H3. The van der Waals surface area contributed by atoms with Gasteiger partial charge in [-0.1, -0.05) is 6.07 Å². The first kappa shape index (κ1) is 14.6. The summed E-state index contributed by atoms with van der Waals surface area (Å²) in [7, 11) is 0. The number of nitrogens with two attached hydrogens (primary N) is 2. The highest BCUT2D eigenvalue weighted by molar-refractivity contribution is 5.65. The number of anilines is 3. The number of rotatable bonds is 4. The highest BCUT2D eigenvalue weighted by atomic mass is 19.1. The molecule has 5 N–H and O–H groups in total. The van der Waals surface area contributed by atoms with Gasteiger partial charge in [0.05, 0.1) is 11.0 Å². The lowest BCUT2D eigenvalue weighted by Crippen LogP contribution is -2.12. The van der Waals surface area contributed by atoms with Crippen molar-refractivity contribution in [2.45, 2.75) is 13.0 Å². The first-order valence-corrected chi connectivity index (χ1v) is 6.24. The second-order valence-electron chi connectivity index (χ2n) is 4.65. The Balaban J connectivity index is 2.38. The number of halogens is 1. The molecule has 0 saturated carbocycles. The summed E-state index contributed by atoms with van der Waals surface area (Å²) in [4.78, 5) is 10.3. The van der Waals surface area contributed by atoms with Crippen LogP contribution >= 0.6 is 0 Å². The zero-order valence-electron chi connectivity index (χ0n) is 11.3. The van der Waals surface area contributed by atoms with Crippen LogP contribution in [0.15, 0.2) is 36.4 Å². The molecule has 0 radical (unpaired) electrons. The van der Waals surface area contributed by atoms with Crippen molar-refractivity contribution in [3.05, 3.63) is 57.9 Å².